The zero-order valence-corrected chi connectivity index (χ0v) is 15.5. The molecule has 1 fully saturated rings. The summed E-state index contributed by atoms with van der Waals surface area (Å²) in [5, 5.41) is 9.15. The highest BCUT2D eigenvalue weighted by Gasteiger charge is 2.37. The van der Waals surface area contributed by atoms with Gasteiger partial charge in [0.15, 0.2) is 0 Å². The van der Waals surface area contributed by atoms with Crippen molar-refractivity contribution in [1.82, 2.24) is 9.80 Å². The SMILES string of the molecule is CC(/N=C\N(C)/C=C\C(=O)N1CC(O)C1)c1cc(C(F)(F)F)cc(C(F)(F)F)c1. The van der Waals surface area contributed by atoms with Crippen LogP contribution in [0.2, 0.25) is 0 Å². The van der Waals surface area contributed by atoms with Crippen molar-refractivity contribution in [3.8, 4) is 0 Å². The third kappa shape index (κ3) is 6.21. The van der Waals surface area contributed by atoms with Gasteiger partial charge in [-0.05, 0) is 30.7 Å². The minimum Gasteiger partial charge on any atom is -0.389 e. The number of likely N-dealkylation sites (tertiary alicyclic amines) is 1. The number of carbonyl (C=O) groups is 1. The van der Waals surface area contributed by atoms with Crippen LogP contribution in [0.5, 0.6) is 0 Å². The normalized spacial score (nSPS) is 17.1. The molecule has 1 N–H and O–H groups in total. The quantitative estimate of drug-likeness (QED) is 0.342. The van der Waals surface area contributed by atoms with Gasteiger partial charge in [-0.2, -0.15) is 26.3 Å². The molecule has 2 rings (SSSR count). The third-order valence-electron chi connectivity index (χ3n) is 4.19. The van der Waals surface area contributed by atoms with E-state index in [9.17, 15) is 31.1 Å². The van der Waals surface area contributed by atoms with Gasteiger partial charge in [0.1, 0.15) is 0 Å². The lowest BCUT2D eigenvalue weighted by Crippen LogP contribution is -2.53. The Kier molecular flexibility index (Phi) is 6.61. The number of hydrogen-bond acceptors (Lipinski definition) is 3. The number of alkyl halides is 6. The molecule has 0 bridgehead atoms. The monoisotopic (exact) mass is 423 g/mol. The summed E-state index contributed by atoms with van der Waals surface area (Å²) in [4.78, 5) is 18.4. The molecule has 1 aromatic rings. The van der Waals surface area contributed by atoms with Crippen LogP contribution >= 0.6 is 0 Å². The lowest BCUT2D eigenvalue weighted by atomic mass is 10.0. The number of amides is 1. The summed E-state index contributed by atoms with van der Waals surface area (Å²) in [6, 6.07) is 0.334. The molecular weight excluding hydrogens is 404 g/mol. The topological polar surface area (TPSA) is 56.1 Å². The van der Waals surface area contributed by atoms with Gasteiger partial charge in [0.05, 0.1) is 29.6 Å². The largest absolute Gasteiger partial charge is 0.416 e. The van der Waals surface area contributed by atoms with E-state index in [0.29, 0.717) is 12.1 Å². The van der Waals surface area contributed by atoms with Crippen molar-refractivity contribution in [3.05, 3.63) is 47.2 Å². The summed E-state index contributed by atoms with van der Waals surface area (Å²) in [6.07, 6.45) is -6.65. The van der Waals surface area contributed by atoms with Gasteiger partial charge in [0.2, 0.25) is 5.91 Å². The number of halogens is 6. The Morgan fingerprint density at radius 2 is 1.69 bits per heavy atom. The second-order valence-corrected chi connectivity index (χ2v) is 6.66. The van der Waals surface area contributed by atoms with Crippen LogP contribution < -0.4 is 0 Å². The number of nitrogens with zero attached hydrogens (tertiary/aromatic N) is 3. The van der Waals surface area contributed by atoms with Crippen LogP contribution in [0.4, 0.5) is 26.3 Å². The molecule has 11 heteroatoms. The van der Waals surface area contributed by atoms with Crippen LogP contribution in [0.1, 0.15) is 29.7 Å². The Bertz CT molecular complexity index is 766. The van der Waals surface area contributed by atoms with Crippen LogP contribution in [0, 0.1) is 0 Å². The predicted octanol–water partition coefficient (Wildman–Crippen LogP) is 3.46. The van der Waals surface area contributed by atoms with Gasteiger partial charge in [0, 0.05) is 32.4 Å². The first-order valence-corrected chi connectivity index (χ1v) is 8.47. The number of aliphatic hydroxyl groups excluding tert-OH is 1. The van der Waals surface area contributed by atoms with Gasteiger partial charge >= 0.3 is 12.4 Å². The van der Waals surface area contributed by atoms with Crippen molar-refractivity contribution in [2.24, 2.45) is 4.99 Å². The van der Waals surface area contributed by atoms with Crippen molar-refractivity contribution in [1.29, 1.82) is 0 Å². The first kappa shape index (κ1) is 22.7. The molecule has 1 unspecified atom stereocenters. The van der Waals surface area contributed by atoms with E-state index in [1.165, 1.54) is 42.4 Å². The molecule has 1 aliphatic rings. The van der Waals surface area contributed by atoms with Crippen molar-refractivity contribution >= 4 is 12.2 Å². The summed E-state index contributed by atoms with van der Waals surface area (Å²) >= 11 is 0. The first-order chi connectivity index (χ1) is 13.3. The van der Waals surface area contributed by atoms with E-state index in [4.69, 9.17) is 5.11 Å². The molecule has 1 aromatic carbocycles. The molecule has 0 radical (unpaired) electrons. The van der Waals surface area contributed by atoms with Gasteiger partial charge in [-0.1, -0.05) is 0 Å². The van der Waals surface area contributed by atoms with Crippen LogP contribution in [-0.2, 0) is 17.1 Å². The molecule has 0 spiro atoms. The molecule has 0 saturated carbocycles. The van der Waals surface area contributed by atoms with E-state index < -0.39 is 35.6 Å². The maximum Gasteiger partial charge on any atom is 0.416 e. The van der Waals surface area contributed by atoms with E-state index in [-0.39, 0.29) is 30.6 Å². The van der Waals surface area contributed by atoms with Gasteiger partial charge in [-0.3, -0.25) is 9.79 Å². The molecular formula is C18H19F6N3O2. The minimum absolute atomic E-state index is 0.0626. The highest BCUT2D eigenvalue weighted by molar-refractivity contribution is 5.88. The van der Waals surface area contributed by atoms with E-state index in [1.54, 1.807) is 0 Å². The average Bonchev–Trinajstić information content (AvgIpc) is 2.59. The van der Waals surface area contributed by atoms with E-state index >= 15 is 0 Å². The number of carbonyl (C=O) groups excluding carboxylic acids is 1. The van der Waals surface area contributed by atoms with E-state index in [2.05, 4.69) is 4.99 Å². The zero-order valence-electron chi connectivity index (χ0n) is 15.5. The molecule has 0 aromatic heterocycles. The zero-order chi connectivity index (χ0) is 22.0. The number of aliphatic hydroxyl groups is 1. The summed E-state index contributed by atoms with van der Waals surface area (Å²) < 4.78 is 77.6. The summed E-state index contributed by atoms with van der Waals surface area (Å²) in [6.45, 7) is 1.82. The Balaban J connectivity index is 2.12. The molecule has 1 amide bonds. The molecule has 1 aliphatic heterocycles. The third-order valence-corrected chi connectivity index (χ3v) is 4.19. The van der Waals surface area contributed by atoms with Crippen molar-refractivity contribution < 1.29 is 36.2 Å². The Morgan fingerprint density at radius 3 is 2.14 bits per heavy atom. The molecule has 160 valence electrons. The Labute approximate surface area is 162 Å². The van der Waals surface area contributed by atoms with Crippen LogP contribution in [-0.4, -0.2) is 53.4 Å². The lowest BCUT2D eigenvalue weighted by molar-refractivity contribution is -0.143. The van der Waals surface area contributed by atoms with Crippen molar-refractivity contribution in [3.63, 3.8) is 0 Å². The highest BCUT2D eigenvalue weighted by Crippen LogP contribution is 2.37. The summed E-state index contributed by atoms with van der Waals surface area (Å²) in [7, 11) is 1.50. The number of benzene rings is 1. The summed E-state index contributed by atoms with van der Waals surface area (Å²) in [5.41, 5.74) is -3.05. The molecule has 1 heterocycles. The summed E-state index contributed by atoms with van der Waals surface area (Å²) in [5.74, 6) is -0.337. The smallest absolute Gasteiger partial charge is 0.389 e. The van der Waals surface area contributed by atoms with Crippen LogP contribution in [0.15, 0.2) is 35.5 Å². The fraction of sp³-hybridized carbons (Fsp3) is 0.444. The maximum absolute atomic E-state index is 12.9. The van der Waals surface area contributed by atoms with E-state index in [0.717, 1.165) is 0 Å². The molecule has 29 heavy (non-hydrogen) atoms. The van der Waals surface area contributed by atoms with Crippen LogP contribution in [0.25, 0.3) is 0 Å². The molecule has 0 aliphatic carbocycles. The van der Waals surface area contributed by atoms with Gasteiger partial charge in [-0.15, -0.1) is 0 Å². The van der Waals surface area contributed by atoms with Crippen molar-refractivity contribution in [2.45, 2.75) is 31.4 Å². The molecule has 1 saturated heterocycles. The minimum atomic E-state index is -4.93. The standard InChI is InChI=1S/C18H19F6N3O2/c1-11(25-10-26(2)4-3-16(29)27-8-15(28)9-27)12-5-13(17(19,20)21)7-14(6-12)18(22,23)24/h3-7,10-11,15,28H,8-9H2,1-2H3/b4-3-,25-10-. The highest BCUT2D eigenvalue weighted by atomic mass is 19.4. The second-order valence-electron chi connectivity index (χ2n) is 6.66. The second kappa shape index (κ2) is 8.44. The van der Waals surface area contributed by atoms with Crippen LogP contribution in [0.3, 0.4) is 0 Å². The number of hydrogen-bond donors (Lipinski definition) is 1. The molecule has 1 atom stereocenters. The van der Waals surface area contributed by atoms with Crippen molar-refractivity contribution in [2.75, 3.05) is 20.1 Å². The van der Waals surface area contributed by atoms with Gasteiger partial charge in [0.25, 0.3) is 0 Å². The fourth-order valence-corrected chi connectivity index (χ4v) is 2.47. The average molecular weight is 423 g/mol. The molecule has 5 nitrogen and oxygen atoms in total. The first-order valence-electron chi connectivity index (χ1n) is 8.47. The predicted molar refractivity (Wildman–Crippen MR) is 92.8 cm³/mol. The van der Waals surface area contributed by atoms with Gasteiger partial charge < -0.3 is 14.9 Å². The van der Waals surface area contributed by atoms with E-state index in [1.807, 2.05) is 0 Å². The van der Waals surface area contributed by atoms with Gasteiger partial charge in [-0.25, -0.2) is 0 Å². The number of β-amino-alcohol motifs (C(OH)–C–C–N with tert-alkyl or cyclic N) is 1. The number of rotatable bonds is 5. The number of aliphatic imine (C=N–C) groups is 1. The Morgan fingerprint density at radius 1 is 1.17 bits per heavy atom. The fourth-order valence-electron chi connectivity index (χ4n) is 2.47. The maximum atomic E-state index is 12.9. The lowest BCUT2D eigenvalue weighted by Gasteiger charge is -2.35. The Hall–Kier alpha value is -2.56.